The molecule has 5 nitrogen and oxygen atoms in total. The van der Waals surface area contributed by atoms with E-state index in [0.29, 0.717) is 58.3 Å². The number of piperidine rings is 1. The van der Waals surface area contributed by atoms with Gasteiger partial charge in [-0.25, -0.2) is 8.78 Å². The molecule has 0 radical (unpaired) electrons. The summed E-state index contributed by atoms with van der Waals surface area (Å²) >= 11 is 0. The third-order valence-electron chi connectivity index (χ3n) is 9.97. The first-order valence-electron chi connectivity index (χ1n) is 17.7. The SMILES string of the molecule is FC(F)C1CCC(CN2C[C@H](OCc3ccccc3)[C@@H](OCc3ccccc3)[C@H](OCc3ccccc3)[C@@H]2COCc2ccccc2)CC1. The minimum absolute atomic E-state index is 0.127. The summed E-state index contributed by atoms with van der Waals surface area (Å²) in [6.07, 6.45) is -0.553. The lowest BCUT2D eigenvalue weighted by atomic mass is 9.81. The van der Waals surface area contributed by atoms with Gasteiger partial charge in [-0.2, -0.15) is 0 Å². The van der Waals surface area contributed by atoms with Gasteiger partial charge >= 0.3 is 0 Å². The molecule has 6 rings (SSSR count). The molecule has 0 aromatic heterocycles. The van der Waals surface area contributed by atoms with Crippen molar-refractivity contribution in [3.05, 3.63) is 144 Å². The zero-order valence-electron chi connectivity index (χ0n) is 28.2. The average Bonchev–Trinajstić information content (AvgIpc) is 3.15. The molecule has 260 valence electrons. The molecule has 1 aliphatic carbocycles. The van der Waals surface area contributed by atoms with E-state index in [9.17, 15) is 8.78 Å². The van der Waals surface area contributed by atoms with E-state index >= 15 is 0 Å². The first-order chi connectivity index (χ1) is 24.1. The average molecular weight is 670 g/mol. The second-order valence-corrected chi connectivity index (χ2v) is 13.5. The molecule has 1 saturated heterocycles. The second kappa shape index (κ2) is 18.5. The van der Waals surface area contributed by atoms with E-state index in [1.807, 2.05) is 72.8 Å². The highest BCUT2D eigenvalue weighted by molar-refractivity contribution is 5.16. The smallest absolute Gasteiger partial charge is 0.241 e. The molecule has 4 aromatic rings. The number of halogens is 2. The number of benzene rings is 4. The van der Waals surface area contributed by atoms with Gasteiger partial charge in [0.2, 0.25) is 6.43 Å². The lowest BCUT2D eigenvalue weighted by molar-refractivity contribution is -0.212. The number of ether oxygens (including phenoxy) is 4. The van der Waals surface area contributed by atoms with Gasteiger partial charge in [0.1, 0.15) is 12.2 Å². The summed E-state index contributed by atoms with van der Waals surface area (Å²) in [4.78, 5) is 2.45. The van der Waals surface area contributed by atoms with Crippen LogP contribution in [0.2, 0.25) is 0 Å². The van der Waals surface area contributed by atoms with Crippen molar-refractivity contribution in [2.45, 2.75) is 82.9 Å². The van der Waals surface area contributed by atoms with Crippen molar-refractivity contribution in [3.63, 3.8) is 0 Å². The summed E-state index contributed by atoms with van der Waals surface area (Å²) < 4.78 is 54.1. The zero-order chi connectivity index (χ0) is 33.7. The summed E-state index contributed by atoms with van der Waals surface area (Å²) in [6.45, 7) is 3.63. The third kappa shape index (κ3) is 10.5. The van der Waals surface area contributed by atoms with Crippen LogP contribution in [0, 0.1) is 11.8 Å². The Bertz CT molecular complexity index is 1470. The maximum atomic E-state index is 13.6. The van der Waals surface area contributed by atoms with Crippen molar-refractivity contribution in [1.29, 1.82) is 0 Å². The number of likely N-dealkylation sites (tertiary alicyclic amines) is 1. The van der Waals surface area contributed by atoms with E-state index in [1.165, 1.54) is 0 Å². The molecule has 4 aromatic carbocycles. The van der Waals surface area contributed by atoms with Crippen molar-refractivity contribution in [2.75, 3.05) is 19.7 Å². The van der Waals surface area contributed by atoms with Crippen LogP contribution < -0.4 is 0 Å². The number of hydrogen-bond acceptors (Lipinski definition) is 5. The zero-order valence-corrected chi connectivity index (χ0v) is 28.2. The molecule has 1 saturated carbocycles. The number of hydrogen-bond donors (Lipinski definition) is 0. The third-order valence-corrected chi connectivity index (χ3v) is 9.97. The first kappa shape index (κ1) is 35.4. The van der Waals surface area contributed by atoms with Crippen molar-refractivity contribution >= 4 is 0 Å². The highest BCUT2D eigenvalue weighted by Gasteiger charge is 2.47. The molecule has 2 aliphatic rings. The normalized spacial score (nSPS) is 24.6. The Morgan fingerprint density at radius 3 is 1.49 bits per heavy atom. The number of rotatable bonds is 16. The molecule has 0 unspecified atom stereocenters. The van der Waals surface area contributed by atoms with Gasteiger partial charge in [-0.05, 0) is 53.9 Å². The minimum Gasteiger partial charge on any atom is -0.375 e. The van der Waals surface area contributed by atoms with Crippen LogP contribution in [0.15, 0.2) is 121 Å². The topological polar surface area (TPSA) is 40.2 Å². The highest BCUT2D eigenvalue weighted by Crippen LogP contribution is 2.36. The van der Waals surface area contributed by atoms with Crippen LogP contribution in [0.1, 0.15) is 47.9 Å². The standard InChI is InChI=1S/C42H49F2NO4/c43-42(44)37-23-21-32(22-24-37)25-45-26-39(47-28-34-15-7-2-8-16-34)41(49-30-36-19-11-4-12-20-36)40(48-29-35-17-9-3-10-18-35)38(45)31-46-27-33-13-5-1-6-14-33/h1-20,32,37-42H,21-31H2/t32?,37?,38-,39-,40+,41+/m0/s1. The minimum atomic E-state index is -2.25. The Hall–Kier alpha value is -3.46. The van der Waals surface area contributed by atoms with Crippen LogP contribution in [-0.2, 0) is 45.4 Å². The summed E-state index contributed by atoms with van der Waals surface area (Å²) in [7, 11) is 0. The summed E-state index contributed by atoms with van der Waals surface area (Å²) in [5.41, 5.74) is 4.37. The first-order valence-corrected chi connectivity index (χ1v) is 17.7. The van der Waals surface area contributed by atoms with Gasteiger partial charge in [-0.3, -0.25) is 4.90 Å². The summed E-state index contributed by atoms with van der Waals surface area (Å²) in [5.74, 6) is -0.180. The molecule has 7 heteroatoms. The Morgan fingerprint density at radius 1 is 0.551 bits per heavy atom. The fraction of sp³-hybridized carbons (Fsp3) is 0.429. The van der Waals surface area contributed by atoms with Crippen LogP contribution in [0.5, 0.6) is 0 Å². The maximum absolute atomic E-state index is 13.6. The molecule has 0 N–H and O–H groups in total. The monoisotopic (exact) mass is 669 g/mol. The van der Waals surface area contributed by atoms with Crippen LogP contribution in [0.3, 0.4) is 0 Å². The molecule has 1 heterocycles. The van der Waals surface area contributed by atoms with Gasteiger partial charge in [0.15, 0.2) is 0 Å². The lowest BCUT2D eigenvalue weighted by Crippen LogP contribution is -2.65. The molecule has 0 spiro atoms. The van der Waals surface area contributed by atoms with Crippen LogP contribution in [0.4, 0.5) is 8.78 Å². The van der Waals surface area contributed by atoms with Crippen molar-refractivity contribution in [3.8, 4) is 0 Å². The van der Waals surface area contributed by atoms with Crippen LogP contribution in [0.25, 0.3) is 0 Å². The molecular weight excluding hydrogens is 620 g/mol. The number of alkyl halides is 2. The van der Waals surface area contributed by atoms with Crippen molar-refractivity contribution < 1.29 is 27.7 Å². The van der Waals surface area contributed by atoms with Crippen molar-refractivity contribution in [2.24, 2.45) is 11.8 Å². The largest absolute Gasteiger partial charge is 0.375 e. The summed E-state index contributed by atoms with van der Waals surface area (Å²) in [6, 6.07) is 40.7. The fourth-order valence-electron chi connectivity index (χ4n) is 7.21. The van der Waals surface area contributed by atoms with Gasteiger partial charge in [0, 0.05) is 19.0 Å². The molecule has 49 heavy (non-hydrogen) atoms. The molecule has 2 fully saturated rings. The Kier molecular flexibility index (Phi) is 13.4. The Labute approximate surface area is 290 Å². The Morgan fingerprint density at radius 2 is 1.00 bits per heavy atom. The van der Waals surface area contributed by atoms with Gasteiger partial charge in [0.25, 0.3) is 0 Å². The van der Waals surface area contributed by atoms with Gasteiger partial charge in [0.05, 0.1) is 45.2 Å². The van der Waals surface area contributed by atoms with E-state index in [4.69, 9.17) is 18.9 Å². The quantitative estimate of drug-likeness (QED) is 0.119. The lowest BCUT2D eigenvalue weighted by Gasteiger charge is -2.49. The van der Waals surface area contributed by atoms with Crippen LogP contribution in [-0.4, -0.2) is 55.4 Å². The second-order valence-electron chi connectivity index (χ2n) is 13.5. The van der Waals surface area contributed by atoms with Gasteiger partial charge < -0.3 is 18.9 Å². The molecule has 4 atom stereocenters. The maximum Gasteiger partial charge on any atom is 0.241 e. The van der Waals surface area contributed by atoms with E-state index in [2.05, 4.69) is 53.4 Å². The van der Waals surface area contributed by atoms with Crippen LogP contribution >= 0.6 is 0 Å². The predicted molar refractivity (Wildman–Crippen MR) is 188 cm³/mol. The fourth-order valence-corrected chi connectivity index (χ4v) is 7.21. The number of nitrogens with zero attached hydrogens (tertiary/aromatic N) is 1. The molecule has 1 aliphatic heterocycles. The van der Waals surface area contributed by atoms with Gasteiger partial charge in [-0.1, -0.05) is 121 Å². The van der Waals surface area contributed by atoms with Gasteiger partial charge in [-0.15, -0.1) is 0 Å². The van der Waals surface area contributed by atoms with E-state index < -0.39 is 12.3 Å². The molecular formula is C42H49F2NO4. The van der Waals surface area contributed by atoms with E-state index in [-0.39, 0.29) is 24.4 Å². The molecule has 0 amide bonds. The highest BCUT2D eigenvalue weighted by atomic mass is 19.3. The molecule has 0 bridgehead atoms. The van der Waals surface area contributed by atoms with E-state index in [1.54, 1.807) is 0 Å². The summed E-state index contributed by atoms with van der Waals surface area (Å²) in [5, 5.41) is 0. The Balaban J connectivity index is 1.28. The van der Waals surface area contributed by atoms with Crippen molar-refractivity contribution in [1.82, 2.24) is 4.90 Å². The predicted octanol–water partition coefficient (Wildman–Crippen LogP) is 8.72. The van der Waals surface area contributed by atoms with E-state index in [0.717, 1.165) is 41.6 Å².